The molecule has 0 radical (unpaired) electrons. The number of hydrogen-bond donors (Lipinski definition) is 3. The van der Waals surface area contributed by atoms with Crippen LogP contribution in [0.4, 0.5) is 0 Å². The van der Waals surface area contributed by atoms with Crippen LogP contribution in [0.15, 0.2) is 30.3 Å². The van der Waals surface area contributed by atoms with Gasteiger partial charge in [-0.1, -0.05) is 71.4 Å². The van der Waals surface area contributed by atoms with Gasteiger partial charge in [0.2, 0.25) is 23.6 Å². The van der Waals surface area contributed by atoms with E-state index in [1.165, 1.54) is 18.9 Å². The standard InChI is InChI=1S/C35H56N4O7/c1-10-22(4)31(38(8)35(45)30(21(2)3)37-25(7)41)27(20-40)19-29(42)39-18-14-17-28(39)33(46-9)23(5)34(44)36-24(6)32(43)26-15-12-11-13-16-26/h11-13,15-16,20-24,27-28,30-33,43H,10,14,17-19H2,1-9H3,(H,36,44)(H,37,41)/t22-,23+,24+,27-,28-,30-,31-,32+,33+/m0/s1. The highest BCUT2D eigenvalue weighted by Gasteiger charge is 2.42. The zero-order valence-corrected chi connectivity index (χ0v) is 29.1. The molecule has 1 fully saturated rings. The third kappa shape index (κ3) is 9.84. The first-order valence-electron chi connectivity index (χ1n) is 16.5. The number of aliphatic hydroxyl groups is 1. The lowest BCUT2D eigenvalue weighted by Crippen LogP contribution is -2.56. The van der Waals surface area contributed by atoms with E-state index in [2.05, 4.69) is 10.6 Å². The monoisotopic (exact) mass is 644 g/mol. The number of aldehydes is 1. The van der Waals surface area contributed by atoms with Gasteiger partial charge in [0.1, 0.15) is 12.3 Å². The Kier molecular flexibility index (Phi) is 15.3. The van der Waals surface area contributed by atoms with Crippen LogP contribution in [0.3, 0.4) is 0 Å². The number of carbonyl (C=O) groups is 5. The number of amides is 4. The minimum atomic E-state index is -0.888. The molecule has 11 heteroatoms. The summed E-state index contributed by atoms with van der Waals surface area (Å²) < 4.78 is 5.83. The molecular weight excluding hydrogens is 588 g/mol. The maximum atomic E-state index is 13.9. The Hall–Kier alpha value is -3.31. The van der Waals surface area contributed by atoms with Crippen LogP contribution < -0.4 is 10.6 Å². The molecule has 1 aliphatic heterocycles. The number of methoxy groups -OCH3 is 1. The molecule has 1 aliphatic rings. The third-order valence-corrected chi connectivity index (χ3v) is 9.50. The molecule has 46 heavy (non-hydrogen) atoms. The highest BCUT2D eigenvalue weighted by molar-refractivity contribution is 5.88. The maximum Gasteiger partial charge on any atom is 0.245 e. The predicted octanol–water partition coefficient (Wildman–Crippen LogP) is 3.11. The zero-order valence-electron chi connectivity index (χ0n) is 29.1. The summed E-state index contributed by atoms with van der Waals surface area (Å²) >= 11 is 0. The van der Waals surface area contributed by atoms with Crippen LogP contribution in [0.2, 0.25) is 0 Å². The number of aliphatic hydroxyl groups excluding tert-OH is 1. The van der Waals surface area contributed by atoms with E-state index in [9.17, 15) is 29.1 Å². The van der Waals surface area contributed by atoms with E-state index in [0.29, 0.717) is 24.9 Å². The second kappa shape index (κ2) is 18.1. The van der Waals surface area contributed by atoms with Gasteiger partial charge in [0.05, 0.1) is 30.2 Å². The number of ether oxygens (including phenoxy) is 1. The molecule has 1 aromatic rings. The van der Waals surface area contributed by atoms with Gasteiger partial charge < -0.3 is 35.1 Å². The molecule has 258 valence electrons. The van der Waals surface area contributed by atoms with E-state index in [4.69, 9.17) is 4.74 Å². The van der Waals surface area contributed by atoms with Crippen LogP contribution in [-0.4, -0.2) is 95.8 Å². The van der Waals surface area contributed by atoms with Crippen LogP contribution in [-0.2, 0) is 28.7 Å². The fourth-order valence-corrected chi connectivity index (χ4v) is 6.66. The normalized spacial score (nSPS) is 20.1. The van der Waals surface area contributed by atoms with Crippen LogP contribution in [0, 0.1) is 23.7 Å². The first-order chi connectivity index (χ1) is 21.7. The van der Waals surface area contributed by atoms with E-state index in [0.717, 1.165) is 12.7 Å². The minimum Gasteiger partial charge on any atom is -0.386 e. The fourth-order valence-electron chi connectivity index (χ4n) is 6.66. The van der Waals surface area contributed by atoms with E-state index in [1.54, 1.807) is 37.9 Å². The lowest BCUT2D eigenvalue weighted by Gasteiger charge is -2.39. The molecule has 0 unspecified atom stereocenters. The molecule has 0 aliphatic carbocycles. The summed E-state index contributed by atoms with van der Waals surface area (Å²) in [6, 6.07) is 6.86. The van der Waals surface area contributed by atoms with Crippen molar-refractivity contribution < 1.29 is 33.8 Å². The fraction of sp³-hybridized carbons (Fsp3) is 0.686. The molecule has 1 aromatic carbocycles. The molecule has 0 saturated carbocycles. The predicted molar refractivity (Wildman–Crippen MR) is 176 cm³/mol. The highest BCUT2D eigenvalue weighted by Crippen LogP contribution is 2.30. The lowest BCUT2D eigenvalue weighted by atomic mass is 9.84. The summed E-state index contributed by atoms with van der Waals surface area (Å²) in [6.07, 6.45) is 1.19. The van der Waals surface area contributed by atoms with Gasteiger partial charge in [-0.25, -0.2) is 0 Å². The van der Waals surface area contributed by atoms with Gasteiger partial charge in [0.15, 0.2) is 0 Å². The number of carbonyl (C=O) groups excluding carboxylic acids is 5. The van der Waals surface area contributed by atoms with Crippen LogP contribution in [0.25, 0.3) is 0 Å². The SMILES string of the molecule is CC[C@H](C)[C@@H]([C@H](C=O)CC(=O)N1CCC[C@H]1[C@H](OC)[C@@H](C)C(=O)N[C@H](C)[C@@H](O)c1ccccc1)N(C)C(=O)[C@@H](NC(C)=O)C(C)C. The number of likely N-dealkylation sites (tertiary alicyclic amines) is 1. The molecule has 0 aromatic heterocycles. The Labute approximate surface area is 274 Å². The van der Waals surface area contributed by atoms with Gasteiger partial charge in [-0.3, -0.25) is 19.2 Å². The van der Waals surface area contributed by atoms with Gasteiger partial charge >= 0.3 is 0 Å². The molecular formula is C35H56N4O7. The Morgan fingerprint density at radius 1 is 1.09 bits per heavy atom. The van der Waals surface area contributed by atoms with Crippen LogP contribution in [0.1, 0.15) is 85.8 Å². The summed E-state index contributed by atoms with van der Waals surface area (Å²) in [5, 5.41) is 16.4. The smallest absolute Gasteiger partial charge is 0.245 e. The second-order valence-corrected chi connectivity index (χ2v) is 13.2. The average molecular weight is 645 g/mol. The van der Waals surface area contributed by atoms with E-state index < -0.39 is 42.2 Å². The topological polar surface area (TPSA) is 145 Å². The number of benzene rings is 1. The summed E-state index contributed by atoms with van der Waals surface area (Å²) in [7, 11) is 3.15. The van der Waals surface area contributed by atoms with Crippen molar-refractivity contribution >= 4 is 29.9 Å². The molecule has 1 heterocycles. The summed E-state index contributed by atoms with van der Waals surface area (Å²) in [5.74, 6) is -2.83. The van der Waals surface area contributed by atoms with Crippen molar-refractivity contribution in [1.29, 1.82) is 0 Å². The van der Waals surface area contributed by atoms with E-state index in [1.807, 2.05) is 45.9 Å². The molecule has 2 rings (SSSR count). The van der Waals surface area contributed by atoms with Gasteiger partial charge in [-0.05, 0) is 37.2 Å². The molecule has 11 nitrogen and oxygen atoms in total. The van der Waals surface area contributed by atoms with Crippen molar-refractivity contribution in [2.24, 2.45) is 23.7 Å². The van der Waals surface area contributed by atoms with Crippen molar-refractivity contribution in [2.45, 2.75) is 111 Å². The van der Waals surface area contributed by atoms with Crippen molar-refractivity contribution in [2.75, 3.05) is 20.7 Å². The summed E-state index contributed by atoms with van der Waals surface area (Å²) in [5.41, 5.74) is 0.696. The quantitative estimate of drug-likeness (QED) is 0.221. The van der Waals surface area contributed by atoms with Crippen LogP contribution >= 0.6 is 0 Å². The molecule has 0 spiro atoms. The largest absolute Gasteiger partial charge is 0.386 e. The molecule has 4 amide bonds. The molecule has 1 saturated heterocycles. The van der Waals surface area contributed by atoms with E-state index >= 15 is 0 Å². The Morgan fingerprint density at radius 3 is 2.24 bits per heavy atom. The number of nitrogens with zero attached hydrogens (tertiary/aromatic N) is 2. The number of likely N-dealkylation sites (N-methyl/N-ethyl adjacent to an activating group) is 1. The molecule has 0 bridgehead atoms. The minimum absolute atomic E-state index is 0.0971. The number of rotatable bonds is 17. The number of nitrogens with one attached hydrogen (secondary N) is 2. The Bertz CT molecular complexity index is 1160. The van der Waals surface area contributed by atoms with Crippen molar-refractivity contribution in [3.05, 3.63) is 35.9 Å². The van der Waals surface area contributed by atoms with Gasteiger partial charge in [0, 0.05) is 46.0 Å². The highest BCUT2D eigenvalue weighted by atomic mass is 16.5. The first-order valence-corrected chi connectivity index (χ1v) is 16.5. The summed E-state index contributed by atoms with van der Waals surface area (Å²) in [6.45, 7) is 12.9. The first kappa shape index (κ1) is 38.9. The molecule has 9 atom stereocenters. The van der Waals surface area contributed by atoms with Gasteiger partial charge in [0.25, 0.3) is 0 Å². The molecule has 3 N–H and O–H groups in total. The van der Waals surface area contributed by atoms with E-state index in [-0.39, 0.29) is 47.9 Å². The van der Waals surface area contributed by atoms with Crippen molar-refractivity contribution in [3.63, 3.8) is 0 Å². The van der Waals surface area contributed by atoms with Crippen molar-refractivity contribution in [3.8, 4) is 0 Å². The second-order valence-electron chi connectivity index (χ2n) is 13.2. The zero-order chi connectivity index (χ0) is 34.7. The van der Waals surface area contributed by atoms with Crippen LogP contribution in [0.5, 0.6) is 0 Å². The van der Waals surface area contributed by atoms with Gasteiger partial charge in [-0.15, -0.1) is 0 Å². The maximum absolute atomic E-state index is 13.9. The summed E-state index contributed by atoms with van der Waals surface area (Å²) in [4.78, 5) is 68.5. The Balaban J connectivity index is 2.21. The third-order valence-electron chi connectivity index (χ3n) is 9.50. The van der Waals surface area contributed by atoms with Crippen molar-refractivity contribution in [1.82, 2.24) is 20.4 Å². The lowest BCUT2D eigenvalue weighted by molar-refractivity contribution is -0.145. The average Bonchev–Trinajstić information content (AvgIpc) is 3.52. The van der Waals surface area contributed by atoms with Gasteiger partial charge in [-0.2, -0.15) is 0 Å². The number of hydrogen-bond acceptors (Lipinski definition) is 7. The Morgan fingerprint density at radius 2 is 1.72 bits per heavy atom.